The second-order valence-electron chi connectivity index (χ2n) is 9.73. The zero-order valence-corrected chi connectivity index (χ0v) is 22.9. The van der Waals surface area contributed by atoms with E-state index in [0.717, 1.165) is 24.6 Å². The van der Waals surface area contributed by atoms with Crippen molar-refractivity contribution in [2.45, 2.75) is 25.3 Å². The summed E-state index contributed by atoms with van der Waals surface area (Å²) in [5.74, 6) is 1.48. The van der Waals surface area contributed by atoms with Crippen LogP contribution in [-0.2, 0) is 0 Å². The molecule has 4 aromatic rings. The number of aromatic nitrogens is 3. The minimum Gasteiger partial charge on any atom is -0.497 e. The lowest BCUT2D eigenvalue weighted by Crippen LogP contribution is -2.46. The van der Waals surface area contributed by atoms with Crippen LogP contribution >= 0.6 is 27.5 Å². The van der Waals surface area contributed by atoms with Gasteiger partial charge < -0.3 is 19.4 Å². The Bertz CT molecular complexity index is 1530. The number of furan rings is 1. The van der Waals surface area contributed by atoms with Crippen LogP contribution in [0.15, 0.2) is 57.7 Å². The number of carbonyl (C=O) groups excluding carboxylic acids is 2. The molecule has 0 spiro atoms. The van der Waals surface area contributed by atoms with Gasteiger partial charge in [-0.1, -0.05) is 18.0 Å². The van der Waals surface area contributed by atoms with Crippen LogP contribution in [-0.4, -0.2) is 57.7 Å². The van der Waals surface area contributed by atoms with Gasteiger partial charge in [0.05, 0.1) is 12.1 Å². The van der Waals surface area contributed by atoms with Crippen molar-refractivity contribution in [1.82, 2.24) is 25.0 Å². The van der Waals surface area contributed by atoms with E-state index < -0.39 is 0 Å². The molecule has 196 valence electrons. The van der Waals surface area contributed by atoms with Crippen molar-refractivity contribution in [2.75, 3.05) is 20.2 Å². The molecule has 2 fully saturated rings. The standard InChI is InChI=1S/C27H25BrClN5O4/c1-37-17-7-8-22-16(10-17)11-23(38-22)27(36)33-13-15-4-2-6-20(18(15)14-33)31-26(35)21-12-24(28)32-34(21)25-19(29)5-3-9-30-25/h3,5,7-12,15,18,20H,2,4,6,13-14H2,1H3,(H,31,35)/t15-,18+,20-/m1/s1. The number of likely N-dealkylation sites (tertiary alicyclic amines) is 1. The maximum atomic E-state index is 13.4. The smallest absolute Gasteiger partial charge is 0.289 e. The average molecular weight is 599 g/mol. The molecule has 4 heterocycles. The van der Waals surface area contributed by atoms with Gasteiger partial charge in [0.2, 0.25) is 0 Å². The van der Waals surface area contributed by atoms with E-state index in [0.29, 0.717) is 57.2 Å². The number of amides is 2. The summed E-state index contributed by atoms with van der Waals surface area (Å²) in [7, 11) is 1.61. The highest BCUT2D eigenvalue weighted by atomic mass is 79.9. The van der Waals surface area contributed by atoms with Crippen molar-refractivity contribution in [3.8, 4) is 11.6 Å². The number of benzene rings is 1. The molecule has 1 aliphatic carbocycles. The van der Waals surface area contributed by atoms with Crippen molar-refractivity contribution in [3.05, 3.63) is 69.7 Å². The first-order chi connectivity index (χ1) is 18.4. The lowest BCUT2D eigenvalue weighted by atomic mass is 9.78. The molecule has 6 rings (SSSR count). The van der Waals surface area contributed by atoms with Crippen LogP contribution in [0, 0.1) is 11.8 Å². The van der Waals surface area contributed by atoms with E-state index in [4.69, 9.17) is 20.8 Å². The summed E-state index contributed by atoms with van der Waals surface area (Å²) in [5.41, 5.74) is 0.981. The van der Waals surface area contributed by atoms with Gasteiger partial charge in [0.15, 0.2) is 11.6 Å². The van der Waals surface area contributed by atoms with E-state index in [1.165, 1.54) is 4.68 Å². The Balaban J connectivity index is 1.19. The Labute approximate surface area is 232 Å². The lowest BCUT2D eigenvalue weighted by Gasteiger charge is -2.33. The molecule has 0 radical (unpaired) electrons. The number of hydrogen-bond donors (Lipinski definition) is 1. The topological polar surface area (TPSA) is 102 Å². The largest absolute Gasteiger partial charge is 0.497 e. The second-order valence-corrected chi connectivity index (χ2v) is 11.0. The third kappa shape index (κ3) is 4.56. The van der Waals surface area contributed by atoms with E-state index in [-0.39, 0.29) is 23.8 Å². The molecule has 38 heavy (non-hydrogen) atoms. The van der Waals surface area contributed by atoms with Gasteiger partial charge in [-0.15, -0.1) is 0 Å². The summed E-state index contributed by atoms with van der Waals surface area (Å²) in [5, 5.41) is 8.81. The number of halogens is 2. The van der Waals surface area contributed by atoms with Crippen molar-refractivity contribution in [3.63, 3.8) is 0 Å². The van der Waals surface area contributed by atoms with Gasteiger partial charge in [-0.2, -0.15) is 5.10 Å². The minimum atomic E-state index is -0.258. The van der Waals surface area contributed by atoms with E-state index in [9.17, 15) is 9.59 Å². The molecule has 0 bridgehead atoms. The normalized spacial score (nSPS) is 20.9. The quantitative estimate of drug-likeness (QED) is 0.343. The summed E-state index contributed by atoms with van der Waals surface area (Å²) in [6.07, 6.45) is 4.45. The molecular formula is C27H25BrClN5O4. The van der Waals surface area contributed by atoms with E-state index in [1.807, 2.05) is 23.1 Å². The summed E-state index contributed by atoms with van der Waals surface area (Å²) in [6, 6.07) is 12.3. The van der Waals surface area contributed by atoms with Crippen molar-refractivity contribution in [2.24, 2.45) is 11.8 Å². The van der Waals surface area contributed by atoms with Crippen molar-refractivity contribution in [1.29, 1.82) is 0 Å². The molecule has 1 saturated heterocycles. The van der Waals surface area contributed by atoms with Crippen LogP contribution < -0.4 is 10.1 Å². The molecule has 1 aromatic carbocycles. The Morgan fingerprint density at radius 1 is 1.18 bits per heavy atom. The summed E-state index contributed by atoms with van der Waals surface area (Å²) >= 11 is 9.69. The van der Waals surface area contributed by atoms with Crippen LogP contribution in [0.4, 0.5) is 0 Å². The number of nitrogens with one attached hydrogen (secondary N) is 1. The van der Waals surface area contributed by atoms with E-state index in [1.54, 1.807) is 37.6 Å². The number of carbonyl (C=O) groups is 2. The maximum Gasteiger partial charge on any atom is 0.289 e. The fourth-order valence-electron chi connectivity index (χ4n) is 5.68. The molecule has 1 aliphatic heterocycles. The molecule has 9 nitrogen and oxygen atoms in total. The summed E-state index contributed by atoms with van der Waals surface area (Å²) < 4.78 is 13.1. The molecule has 11 heteroatoms. The summed E-state index contributed by atoms with van der Waals surface area (Å²) in [4.78, 5) is 33.0. The van der Waals surface area contributed by atoms with E-state index in [2.05, 4.69) is 31.3 Å². The molecule has 2 amide bonds. The van der Waals surface area contributed by atoms with Crippen LogP contribution in [0.2, 0.25) is 5.02 Å². The fourth-order valence-corrected chi connectivity index (χ4v) is 6.25. The first-order valence-electron chi connectivity index (χ1n) is 12.5. The number of hydrogen-bond acceptors (Lipinski definition) is 6. The first-order valence-corrected chi connectivity index (χ1v) is 13.6. The number of methoxy groups -OCH3 is 1. The number of ether oxygens (including phenoxy) is 1. The predicted octanol–water partition coefficient (Wildman–Crippen LogP) is 5.11. The van der Waals surface area contributed by atoms with Gasteiger partial charge >= 0.3 is 0 Å². The van der Waals surface area contributed by atoms with Gasteiger partial charge in [-0.05, 0) is 71.1 Å². The zero-order chi connectivity index (χ0) is 26.4. The maximum absolute atomic E-state index is 13.4. The highest BCUT2D eigenvalue weighted by Crippen LogP contribution is 2.38. The second kappa shape index (κ2) is 10.1. The summed E-state index contributed by atoms with van der Waals surface area (Å²) in [6.45, 7) is 1.20. The Morgan fingerprint density at radius 2 is 2.05 bits per heavy atom. The predicted molar refractivity (Wildman–Crippen MR) is 145 cm³/mol. The van der Waals surface area contributed by atoms with Gasteiger partial charge in [0, 0.05) is 42.7 Å². The molecule has 0 unspecified atom stereocenters. The van der Waals surface area contributed by atoms with Gasteiger partial charge in [0.1, 0.15) is 21.6 Å². The Hall–Kier alpha value is -3.37. The van der Waals surface area contributed by atoms with E-state index >= 15 is 0 Å². The molecule has 1 saturated carbocycles. The third-order valence-electron chi connectivity index (χ3n) is 7.49. The number of rotatable bonds is 5. The monoisotopic (exact) mass is 597 g/mol. The molecule has 1 N–H and O–H groups in total. The number of nitrogens with zero attached hydrogens (tertiary/aromatic N) is 4. The van der Waals surface area contributed by atoms with Gasteiger partial charge in [-0.3, -0.25) is 9.59 Å². The van der Waals surface area contributed by atoms with Gasteiger partial charge in [-0.25, -0.2) is 9.67 Å². The van der Waals surface area contributed by atoms with Crippen LogP contribution in [0.1, 0.15) is 40.3 Å². The minimum absolute atomic E-state index is 0.0692. The van der Waals surface area contributed by atoms with Gasteiger partial charge in [0.25, 0.3) is 11.8 Å². The Morgan fingerprint density at radius 3 is 2.87 bits per heavy atom. The number of pyridine rings is 1. The average Bonchev–Trinajstić information content (AvgIpc) is 3.64. The van der Waals surface area contributed by atoms with Crippen LogP contribution in [0.3, 0.4) is 0 Å². The Kier molecular flexibility index (Phi) is 6.61. The molecule has 3 aromatic heterocycles. The zero-order valence-electron chi connectivity index (χ0n) is 20.6. The first kappa shape index (κ1) is 24.9. The fraction of sp³-hybridized carbons (Fsp3) is 0.333. The molecule has 2 aliphatic rings. The highest BCUT2D eigenvalue weighted by Gasteiger charge is 2.43. The van der Waals surface area contributed by atoms with Crippen molar-refractivity contribution < 1.29 is 18.7 Å². The highest BCUT2D eigenvalue weighted by molar-refractivity contribution is 9.10. The molecule has 3 atom stereocenters. The SMILES string of the molecule is COc1ccc2oc(C(=O)N3C[C@H]4CCC[C@@H](NC(=O)c5cc(Br)nn5-c5ncccc5Cl)[C@H]4C3)cc2c1. The van der Waals surface area contributed by atoms with Crippen LogP contribution in [0.5, 0.6) is 5.75 Å². The third-order valence-corrected chi connectivity index (χ3v) is 8.17. The van der Waals surface area contributed by atoms with Crippen molar-refractivity contribution >= 4 is 50.3 Å². The lowest BCUT2D eigenvalue weighted by molar-refractivity contribution is 0.0753. The molecular weight excluding hydrogens is 574 g/mol. The number of fused-ring (bicyclic) bond motifs is 2. The van der Waals surface area contributed by atoms with Crippen LogP contribution in [0.25, 0.3) is 16.8 Å².